The predicted molar refractivity (Wildman–Crippen MR) is 100.0 cm³/mol. The molecule has 2 amide bonds. The Morgan fingerprint density at radius 2 is 2.04 bits per heavy atom. The lowest BCUT2D eigenvalue weighted by molar-refractivity contribution is -0.120. The topological polar surface area (TPSA) is 106 Å². The molecular weight excluding hydrogens is 368 g/mol. The number of aromatic nitrogens is 2. The number of rotatable bonds is 8. The number of carbonyl (C=O) groups is 2. The molecule has 0 saturated heterocycles. The quantitative estimate of drug-likeness (QED) is 0.615. The minimum Gasteiger partial charge on any atom is -0.497 e. The summed E-state index contributed by atoms with van der Waals surface area (Å²) in [5.41, 5.74) is 1.71. The molecule has 0 aliphatic rings. The largest absolute Gasteiger partial charge is 0.497 e. The summed E-state index contributed by atoms with van der Waals surface area (Å²) in [6, 6.07) is 9.17. The van der Waals surface area contributed by atoms with Crippen LogP contribution in [0.1, 0.15) is 21.8 Å². The highest BCUT2D eigenvalue weighted by atomic mass is 32.1. The summed E-state index contributed by atoms with van der Waals surface area (Å²) in [6.45, 7) is 0.532. The smallest absolute Gasteiger partial charge is 0.296 e. The van der Waals surface area contributed by atoms with E-state index in [1.807, 2.05) is 24.3 Å². The van der Waals surface area contributed by atoms with Gasteiger partial charge >= 0.3 is 0 Å². The monoisotopic (exact) mass is 386 g/mol. The summed E-state index contributed by atoms with van der Waals surface area (Å²) in [6.07, 6.45) is 2.26. The van der Waals surface area contributed by atoms with Crippen LogP contribution in [0.4, 0.5) is 5.13 Å². The molecule has 0 atom stereocenters. The van der Waals surface area contributed by atoms with Gasteiger partial charge in [0.15, 0.2) is 5.13 Å². The highest BCUT2D eigenvalue weighted by molar-refractivity contribution is 7.14. The van der Waals surface area contributed by atoms with Crippen LogP contribution in [0.2, 0.25) is 0 Å². The number of hydrogen-bond acceptors (Lipinski definition) is 7. The SMILES string of the molecule is COc1ccc(CCNC(=O)Cc2csc(NC(=O)c3ccno3)n2)cc1. The van der Waals surface area contributed by atoms with Gasteiger partial charge in [0, 0.05) is 18.0 Å². The Hall–Kier alpha value is -3.20. The third kappa shape index (κ3) is 5.38. The van der Waals surface area contributed by atoms with Crippen molar-refractivity contribution in [3.05, 3.63) is 58.9 Å². The van der Waals surface area contributed by atoms with Gasteiger partial charge in [0.05, 0.1) is 25.4 Å². The number of benzene rings is 1. The maximum absolute atomic E-state index is 12.0. The van der Waals surface area contributed by atoms with Gasteiger partial charge in [-0.2, -0.15) is 0 Å². The Kier molecular flexibility index (Phi) is 6.16. The Balaban J connectivity index is 1.42. The number of nitrogens with one attached hydrogen (secondary N) is 2. The highest BCUT2D eigenvalue weighted by Gasteiger charge is 2.13. The number of thiazole rings is 1. The summed E-state index contributed by atoms with van der Waals surface area (Å²) >= 11 is 1.24. The van der Waals surface area contributed by atoms with E-state index in [2.05, 4.69) is 20.8 Å². The zero-order valence-corrected chi connectivity index (χ0v) is 15.4. The molecule has 27 heavy (non-hydrogen) atoms. The lowest BCUT2D eigenvalue weighted by atomic mass is 10.1. The molecule has 140 valence electrons. The Morgan fingerprint density at radius 3 is 2.74 bits per heavy atom. The number of nitrogens with zero attached hydrogens (tertiary/aromatic N) is 2. The molecule has 2 N–H and O–H groups in total. The molecule has 2 heterocycles. The fourth-order valence-electron chi connectivity index (χ4n) is 2.30. The van der Waals surface area contributed by atoms with Gasteiger partial charge < -0.3 is 14.6 Å². The number of methoxy groups -OCH3 is 1. The zero-order valence-electron chi connectivity index (χ0n) is 14.6. The van der Waals surface area contributed by atoms with Crippen LogP contribution in [-0.2, 0) is 17.6 Å². The molecule has 9 heteroatoms. The van der Waals surface area contributed by atoms with Crippen molar-refractivity contribution in [1.29, 1.82) is 0 Å². The van der Waals surface area contributed by atoms with Crippen molar-refractivity contribution in [2.45, 2.75) is 12.8 Å². The van der Waals surface area contributed by atoms with E-state index >= 15 is 0 Å². The molecule has 3 aromatic rings. The summed E-state index contributed by atoms with van der Waals surface area (Å²) in [4.78, 5) is 28.1. The van der Waals surface area contributed by atoms with Crippen LogP contribution in [0.25, 0.3) is 0 Å². The van der Waals surface area contributed by atoms with Crippen LogP contribution in [0.5, 0.6) is 5.75 Å². The van der Waals surface area contributed by atoms with E-state index in [4.69, 9.17) is 9.26 Å². The second-order valence-corrected chi connectivity index (χ2v) is 6.46. The van der Waals surface area contributed by atoms with Gasteiger partial charge in [-0.05, 0) is 24.1 Å². The summed E-state index contributed by atoms with van der Waals surface area (Å²) < 4.78 is 9.89. The molecule has 2 aromatic heterocycles. The zero-order chi connectivity index (χ0) is 19.1. The number of carbonyl (C=O) groups excluding carboxylic acids is 2. The van der Waals surface area contributed by atoms with Crippen LogP contribution in [-0.4, -0.2) is 35.6 Å². The van der Waals surface area contributed by atoms with Crippen molar-refractivity contribution in [2.75, 3.05) is 19.0 Å². The fourth-order valence-corrected chi connectivity index (χ4v) is 3.01. The molecule has 0 aliphatic heterocycles. The molecule has 0 bridgehead atoms. The van der Waals surface area contributed by atoms with Gasteiger partial charge in [-0.3, -0.25) is 14.9 Å². The molecule has 0 radical (unpaired) electrons. The van der Waals surface area contributed by atoms with Crippen LogP contribution >= 0.6 is 11.3 Å². The van der Waals surface area contributed by atoms with Crippen LogP contribution in [0.3, 0.4) is 0 Å². The average Bonchev–Trinajstić information content (AvgIpc) is 3.34. The van der Waals surface area contributed by atoms with Crippen LogP contribution in [0, 0.1) is 0 Å². The first-order valence-electron chi connectivity index (χ1n) is 8.20. The van der Waals surface area contributed by atoms with Crippen molar-refractivity contribution in [3.8, 4) is 5.75 Å². The third-order valence-electron chi connectivity index (χ3n) is 3.67. The number of ether oxygens (including phenoxy) is 1. The summed E-state index contributed by atoms with van der Waals surface area (Å²) in [5.74, 6) is 0.347. The van der Waals surface area contributed by atoms with E-state index in [1.165, 1.54) is 23.6 Å². The van der Waals surface area contributed by atoms with Gasteiger partial charge in [0.25, 0.3) is 5.91 Å². The van der Waals surface area contributed by atoms with Crippen molar-refractivity contribution >= 4 is 28.3 Å². The molecule has 3 rings (SSSR count). The molecule has 0 unspecified atom stereocenters. The van der Waals surface area contributed by atoms with E-state index in [1.54, 1.807) is 12.5 Å². The average molecular weight is 386 g/mol. The van der Waals surface area contributed by atoms with Crippen LogP contribution < -0.4 is 15.4 Å². The summed E-state index contributed by atoms with van der Waals surface area (Å²) in [5, 5.41) is 11.1. The lowest BCUT2D eigenvalue weighted by Gasteiger charge is -2.05. The number of amides is 2. The number of hydrogen-bond donors (Lipinski definition) is 2. The maximum Gasteiger partial charge on any atom is 0.296 e. The lowest BCUT2D eigenvalue weighted by Crippen LogP contribution is -2.27. The standard InChI is InChI=1S/C18H18N4O4S/c1-25-14-4-2-12(3-5-14)6-8-19-16(23)10-13-11-27-18(21-13)22-17(24)15-7-9-20-26-15/h2-5,7,9,11H,6,8,10H2,1H3,(H,19,23)(H,21,22,24). The van der Waals surface area contributed by atoms with E-state index in [0.717, 1.165) is 17.7 Å². The first-order valence-corrected chi connectivity index (χ1v) is 9.08. The minimum absolute atomic E-state index is 0.100. The third-order valence-corrected chi connectivity index (χ3v) is 4.48. The van der Waals surface area contributed by atoms with Gasteiger partial charge in [-0.1, -0.05) is 17.3 Å². The normalized spacial score (nSPS) is 10.4. The van der Waals surface area contributed by atoms with Gasteiger partial charge in [-0.15, -0.1) is 11.3 Å². The molecule has 8 nitrogen and oxygen atoms in total. The van der Waals surface area contributed by atoms with Crippen molar-refractivity contribution in [3.63, 3.8) is 0 Å². The van der Waals surface area contributed by atoms with Crippen molar-refractivity contribution in [2.24, 2.45) is 0 Å². The fraction of sp³-hybridized carbons (Fsp3) is 0.222. The summed E-state index contributed by atoms with van der Waals surface area (Å²) in [7, 11) is 1.62. The van der Waals surface area contributed by atoms with Crippen molar-refractivity contribution < 1.29 is 18.8 Å². The van der Waals surface area contributed by atoms with E-state index in [-0.39, 0.29) is 18.1 Å². The molecule has 0 spiro atoms. The van der Waals surface area contributed by atoms with Gasteiger partial charge in [0.2, 0.25) is 11.7 Å². The van der Waals surface area contributed by atoms with Crippen LogP contribution in [0.15, 0.2) is 46.4 Å². The Labute approximate surface area is 159 Å². The highest BCUT2D eigenvalue weighted by Crippen LogP contribution is 2.17. The first-order chi connectivity index (χ1) is 13.1. The van der Waals surface area contributed by atoms with Gasteiger partial charge in [-0.25, -0.2) is 4.98 Å². The molecule has 1 aromatic carbocycles. The number of anilines is 1. The van der Waals surface area contributed by atoms with Crippen molar-refractivity contribution in [1.82, 2.24) is 15.5 Å². The van der Waals surface area contributed by atoms with Gasteiger partial charge in [0.1, 0.15) is 5.75 Å². The predicted octanol–water partition coefficient (Wildman–Crippen LogP) is 2.29. The van der Waals surface area contributed by atoms with E-state index in [9.17, 15) is 9.59 Å². The minimum atomic E-state index is -0.433. The molecule has 0 saturated carbocycles. The molecule has 0 aliphatic carbocycles. The van der Waals surface area contributed by atoms with E-state index < -0.39 is 5.91 Å². The van der Waals surface area contributed by atoms with E-state index in [0.29, 0.717) is 17.4 Å². The Morgan fingerprint density at radius 1 is 1.22 bits per heavy atom. The molecular formula is C18H18N4O4S. The Bertz CT molecular complexity index is 890. The second-order valence-electron chi connectivity index (χ2n) is 5.60. The maximum atomic E-state index is 12.0. The first kappa shape index (κ1) is 18.6. The molecule has 0 fully saturated rings. The second kappa shape index (κ2) is 8.95.